The van der Waals surface area contributed by atoms with E-state index in [0.717, 1.165) is 22.2 Å². The number of ether oxygens (including phenoxy) is 2. The van der Waals surface area contributed by atoms with Crippen LogP contribution in [0, 0.1) is 24.1 Å². The van der Waals surface area contributed by atoms with Crippen molar-refractivity contribution >= 4 is 46.0 Å². The average Bonchev–Trinajstić information content (AvgIpc) is 3.45. The van der Waals surface area contributed by atoms with Crippen LogP contribution in [0.2, 0.25) is 0 Å². The number of rotatable bonds is 10. The van der Waals surface area contributed by atoms with Crippen molar-refractivity contribution in [2.24, 2.45) is 0 Å². The smallest absolute Gasteiger partial charge is 0.348 e. The summed E-state index contributed by atoms with van der Waals surface area (Å²) in [4.78, 5) is 39.1. The maximum Gasteiger partial charge on any atom is 0.348 e. The molecule has 9 heteroatoms. The quantitative estimate of drug-likeness (QED) is 0.129. The molecule has 0 radical (unpaired) electrons. The normalized spacial score (nSPS) is 11.3. The predicted octanol–water partition coefficient (Wildman–Crippen LogP) is 6.27. The van der Waals surface area contributed by atoms with E-state index in [1.807, 2.05) is 34.9 Å². The van der Waals surface area contributed by atoms with Crippen molar-refractivity contribution in [3.05, 3.63) is 98.1 Å². The highest BCUT2D eigenvalue weighted by Gasteiger charge is 2.28. The van der Waals surface area contributed by atoms with E-state index in [-0.39, 0.29) is 48.0 Å². The number of aromatic nitrogens is 1. The van der Waals surface area contributed by atoms with Crippen LogP contribution >= 0.6 is 11.3 Å². The molecule has 0 saturated carbocycles. The van der Waals surface area contributed by atoms with Crippen LogP contribution in [0.3, 0.4) is 0 Å². The van der Waals surface area contributed by atoms with Crippen LogP contribution < -0.4 is 0 Å². The fourth-order valence-electron chi connectivity index (χ4n) is 4.46. The summed E-state index contributed by atoms with van der Waals surface area (Å²) in [6.07, 6.45) is 3.01. The Kier molecular flexibility index (Phi) is 8.92. The van der Waals surface area contributed by atoms with E-state index < -0.39 is 17.7 Å². The van der Waals surface area contributed by atoms with Crippen LogP contribution in [-0.4, -0.2) is 35.5 Å². The summed E-state index contributed by atoms with van der Waals surface area (Å²) in [5.41, 5.74) is 2.35. The Morgan fingerprint density at radius 1 is 1.02 bits per heavy atom. The van der Waals surface area contributed by atoms with Crippen molar-refractivity contribution in [2.45, 2.75) is 33.7 Å². The van der Waals surface area contributed by atoms with Gasteiger partial charge in [0.05, 0.1) is 30.9 Å². The highest BCUT2D eigenvalue weighted by atomic mass is 32.1. The fourth-order valence-corrected chi connectivity index (χ4v) is 5.65. The van der Waals surface area contributed by atoms with Gasteiger partial charge in [-0.2, -0.15) is 5.26 Å². The van der Waals surface area contributed by atoms with Crippen molar-refractivity contribution in [3.8, 4) is 6.07 Å². The molecule has 0 spiro atoms. The molecule has 0 amide bonds. The van der Waals surface area contributed by atoms with E-state index in [0.29, 0.717) is 21.6 Å². The highest BCUT2D eigenvalue weighted by molar-refractivity contribution is 7.14. The van der Waals surface area contributed by atoms with Crippen molar-refractivity contribution in [1.82, 2.24) is 4.57 Å². The van der Waals surface area contributed by atoms with Gasteiger partial charge in [0.25, 0.3) is 0 Å². The molecule has 0 saturated heterocycles. The van der Waals surface area contributed by atoms with Gasteiger partial charge in [-0.1, -0.05) is 36.4 Å². The Balaban J connectivity index is 1.71. The topological polar surface area (TPSA) is 98.4 Å². The molecule has 0 unspecified atom stereocenters. The molecule has 204 valence electrons. The lowest BCUT2D eigenvalue weighted by molar-refractivity contribution is -0.114. The number of Topliss-reactive ketones (excluding diaryl/α,β-unsaturated/α-hetero) is 1. The Morgan fingerprint density at radius 2 is 1.70 bits per heavy atom. The molecule has 2 heterocycles. The number of benzene rings is 2. The molecular formula is C31H27FN2O5S. The van der Waals surface area contributed by atoms with E-state index in [4.69, 9.17) is 9.47 Å². The van der Waals surface area contributed by atoms with E-state index in [1.165, 1.54) is 12.1 Å². The lowest BCUT2D eigenvalue weighted by atomic mass is 10.0. The number of nitrogens with zero attached hydrogens (tertiary/aromatic N) is 2. The number of allylic oxidation sites excluding steroid dienone is 1. The summed E-state index contributed by atoms with van der Waals surface area (Å²) in [5.74, 6) is -2.08. The van der Waals surface area contributed by atoms with Crippen LogP contribution in [0.15, 0.2) is 60.3 Å². The number of ketones is 1. The van der Waals surface area contributed by atoms with E-state index >= 15 is 0 Å². The second kappa shape index (κ2) is 12.5. The number of fused-ring (bicyclic) bond motifs is 1. The maximum atomic E-state index is 14.3. The molecule has 0 aliphatic heterocycles. The molecule has 4 aromatic rings. The molecule has 0 atom stereocenters. The van der Waals surface area contributed by atoms with Crippen LogP contribution in [0.25, 0.3) is 17.0 Å². The molecule has 40 heavy (non-hydrogen) atoms. The largest absolute Gasteiger partial charge is 0.462 e. The fraction of sp³-hybridized carbons (Fsp3) is 0.226. The third-order valence-electron chi connectivity index (χ3n) is 6.32. The predicted molar refractivity (Wildman–Crippen MR) is 151 cm³/mol. The minimum atomic E-state index is -0.645. The van der Waals surface area contributed by atoms with Crippen LogP contribution in [0.5, 0.6) is 0 Å². The number of halogens is 1. The molecule has 2 aromatic carbocycles. The van der Waals surface area contributed by atoms with Gasteiger partial charge in [0.15, 0.2) is 5.78 Å². The van der Waals surface area contributed by atoms with Crippen LogP contribution in [0.1, 0.15) is 55.4 Å². The molecule has 0 aliphatic rings. The lowest BCUT2D eigenvalue weighted by Gasteiger charge is -2.06. The first kappa shape index (κ1) is 28.5. The molecule has 0 aliphatic carbocycles. The van der Waals surface area contributed by atoms with Crippen molar-refractivity contribution in [1.29, 1.82) is 5.26 Å². The van der Waals surface area contributed by atoms with Gasteiger partial charge in [-0.05, 0) is 44.5 Å². The summed E-state index contributed by atoms with van der Waals surface area (Å²) in [6.45, 7) is 5.49. The number of nitriles is 1. The highest BCUT2D eigenvalue weighted by Crippen LogP contribution is 2.31. The zero-order valence-corrected chi connectivity index (χ0v) is 23.1. The lowest BCUT2D eigenvalue weighted by Crippen LogP contribution is -2.12. The van der Waals surface area contributed by atoms with Crippen molar-refractivity contribution < 1.29 is 28.2 Å². The first-order valence-electron chi connectivity index (χ1n) is 12.7. The Morgan fingerprint density at radius 3 is 2.40 bits per heavy atom. The molecule has 0 bridgehead atoms. The minimum absolute atomic E-state index is 0.118. The molecule has 0 N–H and O–H groups in total. The number of esters is 2. The zero-order chi connectivity index (χ0) is 28.8. The first-order chi connectivity index (χ1) is 19.3. The van der Waals surface area contributed by atoms with Crippen LogP contribution in [0.4, 0.5) is 4.39 Å². The summed E-state index contributed by atoms with van der Waals surface area (Å²) in [6, 6.07) is 15.9. The summed E-state index contributed by atoms with van der Waals surface area (Å²) >= 11 is 0.988. The van der Waals surface area contributed by atoms with E-state index in [1.54, 1.807) is 45.2 Å². The second-order valence-electron chi connectivity index (χ2n) is 8.89. The van der Waals surface area contributed by atoms with Gasteiger partial charge in [0.1, 0.15) is 16.8 Å². The third kappa shape index (κ3) is 5.87. The monoisotopic (exact) mass is 558 g/mol. The minimum Gasteiger partial charge on any atom is -0.462 e. The Labute approximate surface area is 235 Å². The van der Waals surface area contributed by atoms with Crippen molar-refractivity contribution in [3.63, 3.8) is 0 Å². The van der Waals surface area contributed by atoms with Gasteiger partial charge < -0.3 is 14.0 Å². The van der Waals surface area contributed by atoms with E-state index in [9.17, 15) is 24.0 Å². The molecular weight excluding hydrogens is 531 g/mol. The number of hydrogen-bond donors (Lipinski definition) is 0. The molecule has 0 fully saturated rings. The summed E-state index contributed by atoms with van der Waals surface area (Å²) < 4.78 is 26.5. The van der Waals surface area contributed by atoms with Crippen LogP contribution in [-0.2, 0) is 27.2 Å². The molecule has 7 nitrogen and oxygen atoms in total. The van der Waals surface area contributed by atoms with Gasteiger partial charge in [-0.25, -0.2) is 14.0 Å². The standard InChI is InChI=1S/C31H27FN2O5S/c1-4-38-30(36)28-19(3)29(31(37)39-5-2)40-27(28)15-26(35)21(16-33)14-22-18-34(25-13-9-7-11-23(22)25)17-20-10-6-8-12-24(20)32/h6-14,18H,4-5,15,17H2,1-3H3/b21-14+. The number of para-hydroxylation sites is 1. The average molecular weight is 559 g/mol. The first-order valence-corrected chi connectivity index (χ1v) is 13.5. The van der Waals surface area contributed by atoms with Gasteiger partial charge in [0, 0.05) is 39.5 Å². The molecule has 2 aromatic heterocycles. The number of hydrogen-bond acceptors (Lipinski definition) is 7. The summed E-state index contributed by atoms with van der Waals surface area (Å²) in [5, 5.41) is 10.7. The van der Waals surface area contributed by atoms with Gasteiger partial charge in [-0.15, -0.1) is 11.3 Å². The Bertz CT molecular complexity index is 1670. The number of carbonyl (C=O) groups is 3. The number of thiophene rings is 1. The van der Waals surface area contributed by atoms with Crippen molar-refractivity contribution in [2.75, 3.05) is 13.2 Å². The van der Waals surface area contributed by atoms with Gasteiger partial charge >= 0.3 is 11.9 Å². The zero-order valence-electron chi connectivity index (χ0n) is 22.3. The van der Waals surface area contributed by atoms with Gasteiger partial charge in [-0.3, -0.25) is 4.79 Å². The van der Waals surface area contributed by atoms with Gasteiger partial charge in [0.2, 0.25) is 0 Å². The second-order valence-corrected chi connectivity index (χ2v) is 9.99. The number of carbonyl (C=O) groups excluding carboxylic acids is 3. The van der Waals surface area contributed by atoms with E-state index in [2.05, 4.69) is 0 Å². The SMILES string of the molecule is CCOC(=O)c1sc(CC(=O)/C(C#N)=C/c2cn(Cc3ccccc3F)c3ccccc23)c(C(=O)OCC)c1C. The Hall–Kier alpha value is -4.55. The maximum absolute atomic E-state index is 14.3. The third-order valence-corrected chi connectivity index (χ3v) is 7.59. The summed E-state index contributed by atoms with van der Waals surface area (Å²) in [7, 11) is 0. The molecule has 4 rings (SSSR count).